The first-order valence-corrected chi connectivity index (χ1v) is 10.0. The van der Waals surface area contributed by atoms with Crippen LogP contribution in [0.5, 0.6) is 0 Å². The maximum atomic E-state index is 4.38. The number of aryl methyl sites for hydroxylation is 3. The summed E-state index contributed by atoms with van der Waals surface area (Å²) in [7, 11) is 0. The fraction of sp³-hybridized carbons (Fsp3) is 0.222. The number of benzene rings is 2. The molecule has 0 aliphatic heterocycles. The summed E-state index contributed by atoms with van der Waals surface area (Å²) in [6.07, 6.45) is 7.25. The number of rotatable bonds is 4. The second-order valence-electron chi connectivity index (χ2n) is 7.86. The van der Waals surface area contributed by atoms with Crippen LogP contribution in [0.4, 0.5) is 0 Å². The largest absolute Gasteiger partial charge is 0.264 e. The van der Waals surface area contributed by atoms with E-state index < -0.39 is 0 Å². The maximum Gasteiger partial charge on any atom is 0.0305 e. The molecule has 1 nitrogen and oxygen atoms in total. The second-order valence-corrected chi connectivity index (χ2v) is 7.86. The van der Waals surface area contributed by atoms with Crippen LogP contribution in [0.15, 0.2) is 78.6 Å². The fourth-order valence-corrected chi connectivity index (χ4v) is 4.42. The third-order valence-electron chi connectivity index (χ3n) is 5.89. The summed E-state index contributed by atoms with van der Waals surface area (Å²) in [4.78, 5) is 4.38. The Morgan fingerprint density at radius 1 is 0.893 bits per heavy atom. The van der Waals surface area contributed by atoms with Crippen LogP contribution < -0.4 is 0 Å². The van der Waals surface area contributed by atoms with Crippen LogP contribution in [0.1, 0.15) is 54.1 Å². The highest BCUT2D eigenvalue weighted by atomic mass is 14.6. The first-order chi connectivity index (χ1) is 13.6. The summed E-state index contributed by atoms with van der Waals surface area (Å²) >= 11 is 0. The van der Waals surface area contributed by atoms with Crippen molar-refractivity contribution in [1.82, 2.24) is 4.98 Å². The third-order valence-corrected chi connectivity index (χ3v) is 5.89. The lowest BCUT2D eigenvalue weighted by Crippen LogP contribution is -2.03. The SMILES string of the molecule is Cc1ccc(C2=CCC(c3ccccc3C)=C2C(C)c2cccnc2)c(C)c1.[HH]. The lowest BCUT2D eigenvalue weighted by Gasteiger charge is -2.22. The maximum absolute atomic E-state index is 4.38. The Hall–Kier alpha value is -2.93. The van der Waals surface area contributed by atoms with Crippen LogP contribution in [0.3, 0.4) is 0 Å². The van der Waals surface area contributed by atoms with E-state index in [-0.39, 0.29) is 7.34 Å². The van der Waals surface area contributed by atoms with Gasteiger partial charge in [0.2, 0.25) is 0 Å². The zero-order chi connectivity index (χ0) is 19.7. The molecule has 1 heteroatoms. The zero-order valence-electron chi connectivity index (χ0n) is 17.2. The van der Waals surface area contributed by atoms with Crippen LogP contribution in [0.2, 0.25) is 0 Å². The van der Waals surface area contributed by atoms with E-state index in [0.29, 0.717) is 0 Å². The normalized spacial score (nSPS) is 14.9. The molecule has 0 N–H and O–H groups in total. The van der Waals surface area contributed by atoms with Crippen molar-refractivity contribution in [2.75, 3.05) is 0 Å². The summed E-state index contributed by atoms with van der Waals surface area (Å²) in [5, 5.41) is 0. The predicted octanol–water partition coefficient (Wildman–Crippen LogP) is 7.30. The number of hydrogen-bond acceptors (Lipinski definition) is 1. The van der Waals surface area contributed by atoms with Crippen molar-refractivity contribution in [1.29, 1.82) is 0 Å². The first kappa shape index (κ1) is 18.4. The van der Waals surface area contributed by atoms with E-state index in [9.17, 15) is 0 Å². The summed E-state index contributed by atoms with van der Waals surface area (Å²) < 4.78 is 0. The third kappa shape index (κ3) is 3.33. The Bertz CT molecular complexity index is 1080. The van der Waals surface area contributed by atoms with Gasteiger partial charge in [0.05, 0.1) is 0 Å². The first-order valence-electron chi connectivity index (χ1n) is 10.0. The van der Waals surface area contributed by atoms with Gasteiger partial charge in [-0.1, -0.05) is 67.1 Å². The number of aromatic nitrogens is 1. The Labute approximate surface area is 170 Å². The molecule has 0 bridgehead atoms. The van der Waals surface area contributed by atoms with Gasteiger partial charge in [0, 0.05) is 19.7 Å². The molecule has 0 saturated heterocycles. The summed E-state index contributed by atoms with van der Waals surface area (Å²) in [6, 6.07) is 19.8. The number of pyridine rings is 1. The fourth-order valence-electron chi connectivity index (χ4n) is 4.42. The van der Waals surface area contributed by atoms with E-state index in [1.165, 1.54) is 50.1 Å². The van der Waals surface area contributed by atoms with Gasteiger partial charge >= 0.3 is 0 Å². The van der Waals surface area contributed by atoms with Gasteiger partial charge in [-0.2, -0.15) is 0 Å². The van der Waals surface area contributed by atoms with E-state index >= 15 is 0 Å². The number of allylic oxidation sites excluding steroid dienone is 4. The molecule has 28 heavy (non-hydrogen) atoms. The minimum atomic E-state index is 0. The molecule has 0 amide bonds. The minimum absolute atomic E-state index is 0. The zero-order valence-corrected chi connectivity index (χ0v) is 17.2. The van der Waals surface area contributed by atoms with Crippen molar-refractivity contribution in [2.24, 2.45) is 0 Å². The Kier molecular flexibility index (Phi) is 5.00. The summed E-state index contributed by atoms with van der Waals surface area (Å²) in [5.41, 5.74) is 12.2. The number of hydrogen-bond donors (Lipinski definition) is 0. The molecule has 0 spiro atoms. The van der Waals surface area contributed by atoms with Crippen molar-refractivity contribution < 1.29 is 1.43 Å². The molecule has 0 radical (unpaired) electrons. The van der Waals surface area contributed by atoms with Crippen molar-refractivity contribution in [3.63, 3.8) is 0 Å². The van der Waals surface area contributed by atoms with Crippen molar-refractivity contribution in [3.8, 4) is 0 Å². The van der Waals surface area contributed by atoms with Crippen LogP contribution >= 0.6 is 0 Å². The highest BCUT2D eigenvalue weighted by molar-refractivity contribution is 5.96. The van der Waals surface area contributed by atoms with Crippen LogP contribution in [0.25, 0.3) is 11.1 Å². The molecule has 1 aliphatic rings. The molecule has 1 heterocycles. The topological polar surface area (TPSA) is 12.9 Å². The van der Waals surface area contributed by atoms with Gasteiger partial charge in [-0.3, -0.25) is 4.98 Å². The molecular weight excluding hydrogens is 338 g/mol. The molecular formula is C27H29N. The van der Waals surface area contributed by atoms with Gasteiger partial charge in [-0.15, -0.1) is 0 Å². The molecule has 1 aromatic heterocycles. The van der Waals surface area contributed by atoms with Gasteiger partial charge in [0.25, 0.3) is 0 Å². The Balaban J connectivity index is 0.00000240. The minimum Gasteiger partial charge on any atom is -0.264 e. The van der Waals surface area contributed by atoms with Gasteiger partial charge in [0.15, 0.2) is 0 Å². The van der Waals surface area contributed by atoms with Crippen molar-refractivity contribution >= 4 is 11.1 Å². The van der Waals surface area contributed by atoms with Crippen molar-refractivity contribution in [3.05, 3.63) is 112 Å². The van der Waals surface area contributed by atoms with E-state index in [0.717, 1.165) is 6.42 Å². The second kappa shape index (κ2) is 7.59. The van der Waals surface area contributed by atoms with Crippen LogP contribution in [-0.2, 0) is 0 Å². The number of nitrogens with zero attached hydrogens (tertiary/aromatic N) is 1. The van der Waals surface area contributed by atoms with E-state index in [1.807, 2.05) is 18.5 Å². The molecule has 1 unspecified atom stereocenters. The molecule has 0 fully saturated rings. The lowest BCUT2D eigenvalue weighted by atomic mass is 9.82. The van der Waals surface area contributed by atoms with E-state index in [4.69, 9.17) is 0 Å². The Morgan fingerprint density at radius 3 is 2.43 bits per heavy atom. The standard InChI is InChI=1S/C27H27N.H2/c1-18-11-12-24(20(3)16-18)26-14-13-25(23-10-6-5-8-19(23)2)27(26)21(4)22-9-7-15-28-17-22;/h5-12,14-17,21H,13H2,1-4H3;1H. The molecule has 0 saturated carbocycles. The average molecular weight is 368 g/mol. The average Bonchev–Trinajstić information content (AvgIpc) is 3.13. The van der Waals surface area contributed by atoms with Gasteiger partial charge in [0.1, 0.15) is 0 Å². The van der Waals surface area contributed by atoms with Crippen LogP contribution in [0, 0.1) is 20.8 Å². The monoisotopic (exact) mass is 367 g/mol. The Morgan fingerprint density at radius 2 is 1.71 bits per heavy atom. The van der Waals surface area contributed by atoms with E-state index in [2.05, 4.69) is 87.3 Å². The summed E-state index contributed by atoms with van der Waals surface area (Å²) in [6.45, 7) is 8.91. The lowest BCUT2D eigenvalue weighted by molar-refractivity contribution is 0.919. The smallest absolute Gasteiger partial charge is 0.0305 e. The molecule has 4 rings (SSSR count). The highest BCUT2D eigenvalue weighted by Gasteiger charge is 2.27. The molecule has 3 aromatic rings. The van der Waals surface area contributed by atoms with Gasteiger partial charge in [-0.25, -0.2) is 0 Å². The molecule has 142 valence electrons. The van der Waals surface area contributed by atoms with Gasteiger partial charge in [-0.05, 0) is 77.8 Å². The highest BCUT2D eigenvalue weighted by Crippen LogP contribution is 2.46. The van der Waals surface area contributed by atoms with E-state index in [1.54, 1.807) is 0 Å². The quantitative estimate of drug-likeness (QED) is 0.471. The molecule has 1 aliphatic carbocycles. The van der Waals surface area contributed by atoms with Crippen molar-refractivity contribution in [2.45, 2.75) is 40.0 Å². The molecule has 2 aromatic carbocycles. The van der Waals surface area contributed by atoms with Crippen LogP contribution in [-0.4, -0.2) is 4.98 Å². The van der Waals surface area contributed by atoms with Gasteiger partial charge < -0.3 is 0 Å². The molecule has 1 atom stereocenters. The predicted molar refractivity (Wildman–Crippen MR) is 121 cm³/mol. The summed E-state index contributed by atoms with van der Waals surface area (Å²) in [5.74, 6) is 0.290.